The lowest BCUT2D eigenvalue weighted by Crippen LogP contribution is -2.22. The van der Waals surface area contributed by atoms with E-state index < -0.39 is 10.0 Å². The fraction of sp³-hybridized carbons (Fsp3) is 0.316. The van der Waals surface area contributed by atoms with Gasteiger partial charge in [-0.2, -0.15) is 0 Å². The first kappa shape index (κ1) is 20.5. The lowest BCUT2D eigenvalue weighted by Gasteiger charge is -2.12. The van der Waals surface area contributed by atoms with Crippen molar-refractivity contribution in [1.29, 1.82) is 0 Å². The molecule has 0 unspecified atom stereocenters. The first-order valence-corrected chi connectivity index (χ1v) is 10.8. The Morgan fingerprint density at radius 2 is 1.81 bits per heavy atom. The van der Waals surface area contributed by atoms with E-state index in [1.54, 1.807) is 18.2 Å². The number of benzene rings is 2. The number of hydrogen-bond donors (Lipinski definition) is 1. The number of sulfonamides is 1. The van der Waals surface area contributed by atoms with Crippen molar-refractivity contribution in [2.75, 3.05) is 25.2 Å². The molecule has 26 heavy (non-hydrogen) atoms. The molecule has 0 saturated carbocycles. The van der Waals surface area contributed by atoms with Gasteiger partial charge in [0.25, 0.3) is 0 Å². The maximum atomic E-state index is 12.2. The summed E-state index contributed by atoms with van der Waals surface area (Å²) in [6.07, 6.45) is 0. The number of carbonyl (C=O) groups is 1. The summed E-state index contributed by atoms with van der Waals surface area (Å²) >= 11 is 1.45. The quantitative estimate of drug-likeness (QED) is 0.784. The Bertz CT molecular complexity index is 893. The number of hydrogen-bond acceptors (Lipinski definition) is 4. The zero-order valence-electron chi connectivity index (χ0n) is 15.4. The molecule has 1 amide bonds. The van der Waals surface area contributed by atoms with Gasteiger partial charge in [-0.05, 0) is 54.8 Å². The molecular formula is C19H24N2O3S2. The number of amides is 1. The minimum Gasteiger partial charge on any atom is -0.325 e. The molecule has 0 aromatic heterocycles. The highest BCUT2D eigenvalue weighted by Crippen LogP contribution is 2.19. The Labute approximate surface area is 159 Å². The second-order valence-corrected chi connectivity index (χ2v) is 9.41. The summed E-state index contributed by atoms with van der Waals surface area (Å²) in [5.41, 5.74) is 3.98. The number of anilines is 1. The summed E-state index contributed by atoms with van der Waals surface area (Å²) in [4.78, 5) is 12.3. The largest absolute Gasteiger partial charge is 0.325 e. The first-order chi connectivity index (χ1) is 12.2. The summed E-state index contributed by atoms with van der Waals surface area (Å²) in [6.45, 7) is 4.04. The van der Waals surface area contributed by atoms with E-state index in [0.717, 1.165) is 16.8 Å². The number of rotatable bonds is 7. The van der Waals surface area contributed by atoms with Gasteiger partial charge in [-0.25, -0.2) is 12.7 Å². The van der Waals surface area contributed by atoms with Crippen molar-refractivity contribution < 1.29 is 13.2 Å². The zero-order valence-corrected chi connectivity index (χ0v) is 17.1. The monoisotopic (exact) mass is 392 g/mol. The fourth-order valence-corrected chi connectivity index (χ4v) is 4.03. The highest BCUT2D eigenvalue weighted by molar-refractivity contribution is 7.99. The summed E-state index contributed by atoms with van der Waals surface area (Å²) in [5.74, 6) is 0.796. The van der Waals surface area contributed by atoms with Crippen molar-refractivity contribution in [3.8, 4) is 0 Å². The van der Waals surface area contributed by atoms with Crippen LogP contribution in [0.2, 0.25) is 0 Å². The topological polar surface area (TPSA) is 66.5 Å². The lowest BCUT2D eigenvalue weighted by atomic mass is 10.1. The number of nitrogens with zero attached hydrogens (tertiary/aromatic N) is 1. The minimum absolute atomic E-state index is 0.0738. The van der Waals surface area contributed by atoms with Crippen LogP contribution in [0.1, 0.15) is 16.7 Å². The van der Waals surface area contributed by atoms with Crippen LogP contribution in [0.4, 0.5) is 5.69 Å². The van der Waals surface area contributed by atoms with Gasteiger partial charge in [-0.3, -0.25) is 4.79 Å². The van der Waals surface area contributed by atoms with Crippen LogP contribution in [0.15, 0.2) is 47.4 Å². The van der Waals surface area contributed by atoms with Crippen LogP contribution in [0.3, 0.4) is 0 Å². The predicted molar refractivity (Wildman–Crippen MR) is 108 cm³/mol. The summed E-state index contributed by atoms with van der Waals surface area (Å²) in [7, 11) is -0.429. The second kappa shape index (κ2) is 8.70. The van der Waals surface area contributed by atoms with Gasteiger partial charge in [-0.15, -0.1) is 11.8 Å². The molecule has 0 bridgehead atoms. The summed E-state index contributed by atoms with van der Waals surface area (Å²) in [5, 5.41) is 2.88. The highest BCUT2D eigenvalue weighted by atomic mass is 32.2. The Morgan fingerprint density at radius 3 is 2.46 bits per heavy atom. The molecule has 140 valence electrons. The lowest BCUT2D eigenvalue weighted by molar-refractivity contribution is -0.113. The smallest absolute Gasteiger partial charge is 0.242 e. The van der Waals surface area contributed by atoms with E-state index in [1.165, 1.54) is 35.7 Å². The van der Waals surface area contributed by atoms with E-state index in [2.05, 4.69) is 5.32 Å². The maximum Gasteiger partial charge on any atom is 0.242 e. The molecule has 7 heteroatoms. The van der Waals surface area contributed by atoms with Crippen LogP contribution >= 0.6 is 11.8 Å². The van der Waals surface area contributed by atoms with Gasteiger partial charge in [0.15, 0.2) is 0 Å². The molecule has 0 aliphatic rings. The molecule has 0 atom stereocenters. The molecule has 0 radical (unpaired) electrons. The number of aryl methyl sites for hydroxylation is 2. The number of thioether (sulfide) groups is 1. The minimum atomic E-state index is -3.44. The van der Waals surface area contributed by atoms with Crippen molar-refractivity contribution in [3.63, 3.8) is 0 Å². The molecule has 5 nitrogen and oxygen atoms in total. The molecule has 0 spiro atoms. The van der Waals surface area contributed by atoms with Crippen LogP contribution < -0.4 is 5.32 Å². The van der Waals surface area contributed by atoms with Crippen molar-refractivity contribution in [1.82, 2.24) is 4.31 Å². The molecule has 0 aliphatic heterocycles. The Balaban J connectivity index is 1.91. The normalized spacial score (nSPS) is 11.6. The van der Waals surface area contributed by atoms with Gasteiger partial charge in [0.1, 0.15) is 0 Å². The zero-order chi connectivity index (χ0) is 19.3. The Morgan fingerprint density at radius 1 is 1.08 bits per heavy atom. The fourth-order valence-electron chi connectivity index (χ4n) is 2.28. The van der Waals surface area contributed by atoms with Gasteiger partial charge in [0, 0.05) is 25.5 Å². The average molecular weight is 393 g/mol. The van der Waals surface area contributed by atoms with E-state index in [9.17, 15) is 13.2 Å². The van der Waals surface area contributed by atoms with Crippen molar-refractivity contribution in [3.05, 3.63) is 59.2 Å². The number of nitrogens with one attached hydrogen (secondary N) is 1. The van der Waals surface area contributed by atoms with Crippen LogP contribution in [0.5, 0.6) is 0 Å². The van der Waals surface area contributed by atoms with Crippen LogP contribution in [-0.2, 0) is 20.6 Å². The standard InChI is InChI=1S/C19H24N2O3S2/c1-14-8-9-17(10-15(14)2)20-19(22)13-25-12-16-6-5-7-18(11-16)26(23,24)21(3)4/h5-11H,12-13H2,1-4H3,(H,20,22). The summed E-state index contributed by atoms with van der Waals surface area (Å²) < 4.78 is 25.5. The van der Waals surface area contributed by atoms with Crippen LogP contribution in [0.25, 0.3) is 0 Å². The molecular weight excluding hydrogens is 368 g/mol. The molecule has 0 fully saturated rings. The molecule has 1 N–H and O–H groups in total. The van der Waals surface area contributed by atoms with Gasteiger partial charge in [0.05, 0.1) is 10.6 Å². The van der Waals surface area contributed by atoms with Crippen molar-refractivity contribution in [2.45, 2.75) is 24.5 Å². The molecule has 2 aromatic carbocycles. The Kier molecular flexibility index (Phi) is 6.86. The van der Waals surface area contributed by atoms with E-state index in [0.29, 0.717) is 11.5 Å². The highest BCUT2D eigenvalue weighted by Gasteiger charge is 2.17. The van der Waals surface area contributed by atoms with Crippen molar-refractivity contribution in [2.24, 2.45) is 0 Å². The van der Waals surface area contributed by atoms with E-state index in [-0.39, 0.29) is 10.8 Å². The van der Waals surface area contributed by atoms with Gasteiger partial charge in [0.2, 0.25) is 15.9 Å². The third-order valence-electron chi connectivity index (χ3n) is 3.97. The maximum absolute atomic E-state index is 12.2. The molecule has 2 rings (SSSR count). The van der Waals surface area contributed by atoms with Crippen molar-refractivity contribution >= 4 is 33.4 Å². The second-order valence-electron chi connectivity index (χ2n) is 6.27. The molecule has 0 aliphatic carbocycles. The third kappa shape index (κ3) is 5.33. The molecule has 0 saturated heterocycles. The number of carbonyl (C=O) groups excluding carboxylic acids is 1. The average Bonchev–Trinajstić information content (AvgIpc) is 2.58. The van der Waals surface area contributed by atoms with Gasteiger partial charge in [-0.1, -0.05) is 18.2 Å². The molecule has 2 aromatic rings. The van der Waals surface area contributed by atoms with E-state index in [4.69, 9.17) is 0 Å². The van der Waals surface area contributed by atoms with Crippen LogP contribution in [0, 0.1) is 13.8 Å². The molecule has 0 heterocycles. The van der Waals surface area contributed by atoms with Gasteiger partial charge < -0.3 is 5.32 Å². The predicted octanol–water partition coefficient (Wildman–Crippen LogP) is 3.43. The summed E-state index contributed by atoms with van der Waals surface area (Å²) in [6, 6.07) is 12.6. The third-order valence-corrected chi connectivity index (χ3v) is 6.78. The SMILES string of the molecule is Cc1ccc(NC(=O)CSCc2cccc(S(=O)(=O)N(C)C)c2)cc1C. The van der Waals surface area contributed by atoms with E-state index >= 15 is 0 Å². The van der Waals surface area contributed by atoms with Crippen LogP contribution in [-0.4, -0.2) is 38.5 Å². The first-order valence-electron chi connectivity index (χ1n) is 8.16. The van der Waals surface area contributed by atoms with E-state index in [1.807, 2.05) is 38.1 Å². The van der Waals surface area contributed by atoms with Gasteiger partial charge >= 0.3 is 0 Å². The Hall–Kier alpha value is -1.83.